The number of fused-ring (bicyclic) bond motifs is 1. The Morgan fingerprint density at radius 2 is 1.50 bits per heavy atom. The van der Waals surface area contributed by atoms with E-state index in [1.54, 1.807) is 0 Å². The van der Waals surface area contributed by atoms with Crippen molar-refractivity contribution in [2.45, 2.75) is 148 Å². The van der Waals surface area contributed by atoms with Crippen LogP contribution in [-0.2, 0) is 50.7 Å². The maximum absolute atomic E-state index is 12.6. The molecule has 2 aromatic rings. The van der Waals surface area contributed by atoms with E-state index in [2.05, 4.69) is 66.1 Å². The summed E-state index contributed by atoms with van der Waals surface area (Å²) in [7, 11) is -16.3. The Morgan fingerprint density at radius 1 is 0.897 bits per heavy atom. The first-order chi connectivity index (χ1) is 31.9. The molecule has 0 aromatic carbocycles. The predicted molar refractivity (Wildman–Crippen MR) is 251 cm³/mol. The number of imidazole rings is 1. The summed E-state index contributed by atoms with van der Waals surface area (Å²) in [6.07, 6.45) is 14.5. The van der Waals surface area contributed by atoms with Gasteiger partial charge in [-0.1, -0.05) is 84.3 Å². The van der Waals surface area contributed by atoms with Gasteiger partial charge in [0.1, 0.15) is 36.3 Å². The van der Waals surface area contributed by atoms with Crippen molar-refractivity contribution in [3.05, 3.63) is 24.8 Å². The zero-order valence-corrected chi connectivity index (χ0v) is 42.2. The maximum atomic E-state index is 12.6. The smallest absolute Gasteiger partial charge is 0.481 e. The van der Waals surface area contributed by atoms with Gasteiger partial charge in [-0.05, 0) is 32.1 Å². The van der Waals surface area contributed by atoms with Gasteiger partial charge in [-0.3, -0.25) is 32.5 Å². The summed E-state index contributed by atoms with van der Waals surface area (Å²) < 4.78 is 61.7. The van der Waals surface area contributed by atoms with Gasteiger partial charge in [0.15, 0.2) is 17.7 Å². The zero-order chi connectivity index (χ0) is 51.0. The molecule has 3 heterocycles. The van der Waals surface area contributed by atoms with Crippen LogP contribution in [0.5, 0.6) is 0 Å². The fourth-order valence-corrected chi connectivity index (χ4v) is 9.42. The molecule has 11 N–H and O–H groups in total. The van der Waals surface area contributed by atoms with Gasteiger partial charge in [-0.15, -0.1) is 0 Å². The molecule has 3 rings (SSSR count). The number of rotatable bonds is 33. The van der Waals surface area contributed by atoms with E-state index >= 15 is 0 Å². The Morgan fingerprint density at radius 3 is 2.10 bits per heavy atom. The number of ether oxygens (including phenoxy) is 1. The van der Waals surface area contributed by atoms with E-state index in [-0.39, 0.29) is 35.9 Å². The number of nitrogens with one attached hydrogen (secondary N) is 2. The molecular weight excluding hydrogens is 979 g/mol. The Bertz CT molecular complexity index is 2030. The number of carbonyl (C=O) groups excluding carboxylic acids is 2. The van der Waals surface area contributed by atoms with E-state index in [0.717, 1.165) is 30.1 Å². The number of phosphoric acid groups is 3. The van der Waals surface area contributed by atoms with Crippen molar-refractivity contribution < 1.29 is 85.6 Å². The molecule has 0 aliphatic carbocycles. The van der Waals surface area contributed by atoms with Crippen LogP contribution in [0.1, 0.15) is 123 Å². The van der Waals surface area contributed by atoms with Crippen molar-refractivity contribution in [2.75, 3.05) is 37.8 Å². The Hall–Kier alpha value is -2.90. The number of aliphatic hydroxyl groups is 2. The fourth-order valence-electron chi connectivity index (χ4n) is 6.48. The highest BCUT2D eigenvalue weighted by Crippen LogP contribution is 2.61. The van der Waals surface area contributed by atoms with Crippen LogP contribution in [0.4, 0.5) is 5.82 Å². The van der Waals surface area contributed by atoms with Gasteiger partial charge in [0.2, 0.25) is 11.8 Å². The van der Waals surface area contributed by atoms with Crippen LogP contribution in [0.3, 0.4) is 0 Å². The lowest BCUT2D eigenvalue weighted by Crippen LogP contribution is -2.46. The average Bonchev–Trinajstić information content (AvgIpc) is 3.82. The molecule has 0 saturated carbocycles. The second-order valence-electron chi connectivity index (χ2n) is 16.5. The molecule has 1 fully saturated rings. The van der Waals surface area contributed by atoms with Crippen LogP contribution in [-0.4, -0.2) is 129 Å². The van der Waals surface area contributed by atoms with Crippen molar-refractivity contribution in [3.63, 3.8) is 0 Å². The standard InChI is InChI=1S/C21H36N7O16P3S.C18H34O2/c1-21(2,16(31)19(32)24-4-3-12(29)23-5-6-48)8-41-47(38,39)44-46(36,37)40-7-11-15(43-45(33,34)35)14(30)20(42-11)28-10-27-13-17(22)25-9-26-18(13)28;1-2-3-4-5-6-7-8-9-10-11-12-13-14-15-16-17-18(19)20/h9-11,14-16,20,30-31,48H,3-8H2,1-2H3,(H,23,29)(H,24,32)(H,36,37)(H,38,39)(H2,22,25,26)(H2,33,34,35);9-10H,2-8,11-17H2,1H3,(H,19,20)/t11-,14-,15-,16+,20-;/m1./s1. The Kier molecular flexibility index (Phi) is 27.7. The molecule has 2 amide bonds. The third kappa shape index (κ3) is 23.8. The summed E-state index contributed by atoms with van der Waals surface area (Å²) in [5.41, 5.74) is 4.30. The van der Waals surface area contributed by atoms with E-state index in [0.29, 0.717) is 18.7 Å². The van der Waals surface area contributed by atoms with E-state index in [9.17, 15) is 57.9 Å². The Labute approximate surface area is 401 Å². The number of hydrogen-bond donors (Lipinski definition) is 11. The van der Waals surface area contributed by atoms with Crippen LogP contribution < -0.4 is 16.4 Å². The van der Waals surface area contributed by atoms with Crippen LogP contribution in [0.2, 0.25) is 0 Å². The topological polar surface area (TPSA) is 384 Å². The molecule has 68 heavy (non-hydrogen) atoms. The van der Waals surface area contributed by atoms with E-state index in [4.69, 9.17) is 24.6 Å². The molecule has 0 spiro atoms. The van der Waals surface area contributed by atoms with Gasteiger partial charge < -0.3 is 56.0 Å². The molecule has 2 unspecified atom stereocenters. The van der Waals surface area contributed by atoms with Gasteiger partial charge in [0, 0.05) is 37.1 Å². The number of carboxylic acid groups (broad SMARTS) is 1. The number of thiol groups is 1. The van der Waals surface area contributed by atoms with Crippen molar-refractivity contribution in [1.82, 2.24) is 30.2 Å². The first kappa shape index (κ1) is 61.2. The molecule has 390 valence electrons. The highest BCUT2D eigenvalue weighted by atomic mass is 32.1. The van der Waals surface area contributed by atoms with Crippen LogP contribution >= 0.6 is 36.1 Å². The number of phosphoric ester groups is 3. The summed E-state index contributed by atoms with van der Waals surface area (Å²) in [6.45, 7) is 2.98. The number of hydrogen-bond acceptors (Lipinski definition) is 18. The minimum Gasteiger partial charge on any atom is -0.481 e. The number of allylic oxidation sites excluding steroid dienone is 2. The third-order valence-corrected chi connectivity index (χ3v) is 13.5. The summed E-state index contributed by atoms with van der Waals surface area (Å²) >= 11 is 3.95. The number of amides is 2. The highest BCUT2D eigenvalue weighted by molar-refractivity contribution is 7.80. The summed E-state index contributed by atoms with van der Waals surface area (Å²) in [6, 6.07) is 0. The number of aliphatic hydroxyl groups excluding tert-OH is 2. The van der Waals surface area contributed by atoms with Crippen molar-refractivity contribution in [2.24, 2.45) is 5.41 Å². The van der Waals surface area contributed by atoms with Crippen molar-refractivity contribution in [1.29, 1.82) is 0 Å². The number of aliphatic carboxylic acids is 1. The number of carboxylic acids is 1. The van der Waals surface area contributed by atoms with E-state index in [1.807, 2.05) is 0 Å². The predicted octanol–water partition coefficient (Wildman–Crippen LogP) is 4.44. The number of aromatic nitrogens is 4. The zero-order valence-electron chi connectivity index (χ0n) is 38.6. The molecule has 1 aliphatic heterocycles. The number of anilines is 1. The number of nitrogens with two attached hydrogens (primary N) is 1. The number of unbranched alkanes of at least 4 members (excludes halogenated alkanes) is 11. The highest BCUT2D eigenvalue weighted by Gasteiger charge is 2.50. The van der Waals surface area contributed by atoms with Crippen molar-refractivity contribution >= 4 is 70.9 Å². The van der Waals surface area contributed by atoms with Crippen LogP contribution in [0.25, 0.3) is 11.2 Å². The average molecular weight is 1050 g/mol. The first-order valence-electron chi connectivity index (χ1n) is 22.3. The largest absolute Gasteiger partial charge is 0.481 e. The lowest BCUT2D eigenvalue weighted by Gasteiger charge is -2.30. The molecule has 0 radical (unpaired) electrons. The van der Waals surface area contributed by atoms with Gasteiger partial charge >= 0.3 is 29.4 Å². The number of carbonyl (C=O) groups is 3. The second kappa shape index (κ2) is 30.8. The minimum absolute atomic E-state index is 0.0363. The molecule has 1 aliphatic rings. The monoisotopic (exact) mass is 1050 g/mol. The normalized spacial score (nSPS) is 19.8. The minimum atomic E-state index is -5.54. The van der Waals surface area contributed by atoms with Gasteiger partial charge in [-0.25, -0.2) is 28.6 Å². The molecule has 2 aromatic heterocycles. The van der Waals surface area contributed by atoms with Gasteiger partial charge in [0.25, 0.3) is 0 Å². The molecule has 25 nitrogen and oxygen atoms in total. The van der Waals surface area contributed by atoms with Crippen molar-refractivity contribution in [3.8, 4) is 0 Å². The molecule has 7 atom stereocenters. The first-order valence-corrected chi connectivity index (χ1v) is 27.5. The summed E-state index contributed by atoms with van der Waals surface area (Å²) in [5, 5.41) is 34.6. The molecule has 0 bridgehead atoms. The number of nitrogen functional groups attached to an aromatic ring is 1. The lowest BCUT2D eigenvalue weighted by molar-refractivity contribution is -0.137. The SMILES string of the molecule is CC(C)(COP(=O)(O)OP(=O)(O)OC[C@H]1O[C@@H](n2cnc3c(N)ncnc32)[C@H](O)[C@@H]1OP(=O)(O)O)[C@@H](O)C(=O)NCCC(=O)NCCS.CCCCCCCCC=CCCCCCCCC(=O)O. The quantitative estimate of drug-likeness (QED) is 0.0204. The van der Waals surface area contributed by atoms with Gasteiger partial charge in [0.05, 0.1) is 19.5 Å². The number of nitrogens with zero attached hydrogens (tertiary/aromatic N) is 4. The maximum Gasteiger partial charge on any atom is 0.481 e. The van der Waals surface area contributed by atoms with E-state index < -0.39 is 84.6 Å². The lowest BCUT2D eigenvalue weighted by atomic mass is 9.87. The van der Waals surface area contributed by atoms with Crippen LogP contribution in [0, 0.1) is 5.41 Å². The summed E-state index contributed by atoms with van der Waals surface area (Å²) in [4.78, 5) is 84.9. The third-order valence-electron chi connectivity index (χ3n) is 10.2. The molecular formula is C39H70N7O18P3S. The second-order valence-corrected chi connectivity index (χ2v) is 21.2. The molecule has 29 heteroatoms. The molecule has 1 saturated heterocycles. The van der Waals surface area contributed by atoms with Gasteiger partial charge in [-0.2, -0.15) is 16.9 Å². The summed E-state index contributed by atoms with van der Waals surface area (Å²) in [5.74, 6) is -1.61. The Balaban J connectivity index is 0.000000666. The fraction of sp³-hybridized carbons (Fsp3) is 0.744. The van der Waals surface area contributed by atoms with Crippen LogP contribution in [0.15, 0.2) is 24.8 Å². The van der Waals surface area contributed by atoms with E-state index in [1.165, 1.54) is 84.5 Å².